The molecule has 3 rings (SSSR count). The van der Waals surface area contributed by atoms with Gasteiger partial charge >= 0.3 is 5.97 Å². The molecule has 0 fully saturated rings. The molecule has 2 aromatic carbocycles. The lowest BCUT2D eigenvalue weighted by molar-refractivity contribution is -0.645. The molecule has 31 heavy (non-hydrogen) atoms. The number of primary amides is 1. The zero-order chi connectivity index (χ0) is 22.5. The summed E-state index contributed by atoms with van der Waals surface area (Å²) in [7, 11) is 5.87. The van der Waals surface area contributed by atoms with E-state index in [0.717, 1.165) is 59.0 Å². The molecule has 0 spiro atoms. The van der Waals surface area contributed by atoms with Crippen molar-refractivity contribution in [3.63, 3.8) is 0 Å². The number of nitrogens with two attached hydrogens (primary N) is 1. The summed E-state index contributed by atoms with van der Waals surface area (Å²) in [6.07, 6.45) is 2.51. The zero-order valence-electron chi connectivity index (χ0n) is 18.4. The molecule has 4 N–H and O–H groups in total. The summed E-state index contributed by atoms with van der Waals surface area (Å²) in [4.78, 5) is 25.3. The van der Waals surface area contributed by atoms with Crippen LogP contribution in [0.3, 0.4) is 0 Å². The fourth-order valence-electron chi connectivity index (χ4n) is 4.06. The van der Waals surface area contributed by atoms with Gasteiger partial charge in [0.2, 0.25) is 16.9 Å². The molecule has 0 unspecified atom stereocenters. The lowest BCUT2D eigenvalue weighted by atomic mass is 9.99. The van der Waals surface area contributed by atoms with Crippen molar-refractivity contribution in [1.29, 1.82) is 0 Å². The second-order valence-electron chi connectivity index (χ2n) is 8.07. The minimum Gasteiger partial charge on any atom is -0.481 e. The molecule has 1 aromatic heterocycles. The molecular formula is C24H31N4O3+. The molecule has 0 saturated heterocycles. The lowest BCUT2D eigenvalue weighted by Gasteiger charge is -2.15. The van der Waals surface area contributed by atoms with Gasteiger partial charge in [-0.15, -0.1) is 0 Å². The monoisotopic (exact) mass is 423 g/mol. The number of carboxylic acids is 1. The third kappa shape index (κ3) is 4.94. The summed E-state index contributed by atoms with van der Waals surface area (Å²) in [6, 6.07) is 12.1. The van der Waals surface area contributed by atoms with E-state index >= 15 is 0 Å². The maximum atomic E-state index is 12.5. The normalized spacial score (nSPS) is 11.2. The van der Waals surface area contributed by atoms with Crippen molar-refractivity contribution in [2.75, 3.05) is 26.0 Å². The molecule has 0 saturated carbocycles. The average Bonchev–Trinajstić information content (AvgIpc) is 2.72. The zero-order valence-corrected chi connectivity index (χ0v) is 18.4. The van der Waals surface area contributed by atoms with Gasteiger partial charge in [-0.2, -0.15) is 4.57 Å². The van der Waals surface area contributed by atoms with Crippen LogP contribution in [0.1, 0.15) is 41.6 Å². The van der Waals surface area contributed by atoms with Gasteiger partial charge in [-0.05, 0) is 43.7 Å². The number of hydrogen-bond acceptors (Lipinski definition) is 4. The molecule has 7 heteroatoms. The molecule has 0 aliphatic rings. The number of carbonyl (C=O) groups excluding carboxylic acids is 1. The number of nitrogens with one attached hydrogen (secondary N) is 1. The van der Waals surface area contributed by atoms with E-state index in [0.29, 0.717) is 12.0 Å². The van der Waals surface area contributed by atoms with E-state index in [-0.39, 0.29) is 6.42 Å². The SMILES string of the molecule is CNCc1ccc2c(C(N)=O)c3ccc(N(C)C)cc3[n+](CCCCCC(=O)O)c2c1. The van der Waals surface area contributed by atoms with Crippen molar-refractivity contribution in [2.24, 2.45) is 5.73 Å². The first-order valence-electron chi connectivity index (χ1n) is 10.6. The second-order valence-corrected chi connectivity index (χ2v) is 8.07. The minimum absolute atomic E-state index is 0.184. The molecule has 0 atom stereocenters. The number of aromatic nitrogens is 1. The number of carboxylic acid groups (broad SMARTS) is 1. The quantitative estimate of drug-likeness (QED) is 0.265. The molecule has 3 aromatic rings. The molecule has 1 amide bonds. The Labute approximate surface area is 182 Å². The predicted molar refractivity (Wildman–Crippen MR) is 123 cm³/mol. The number of aliphatic carboxylic acids is 1. The highest BCUT2D eigenvalue weighted by Gasteiger charge is 2.24. The van der Waals surface area contributed by atoms with Crippen LogP contribution in [0.2, 0.25) is 0 Å². The van der Waals surface area contributed by atoms with E-state index in [9.17, 15) is 9.59 Å². The molecule has 164 valence electrons. The first-order chi connectivity index (χ1) is 14.8. The number of hydrogen-bond donors (Lipinski definition) is 3. The highest BCUT2D eigenvalue weighted by molar-refractivity contribution is 6.14. The Kier molecular flexibility index (Phi) is 7.07. The number of benzene rings is 2. The van der Waals surface area contributed by atoms with Crippen molar-refractivity contribution < 1.29 is 19.3 Å². The Morgan fingerprint density at radius 3 is 2.32 bits per heavy atom. The van der Waals surface area contributed by atoms with E-state index < -0.39 is 11.9 Å². The molecule has 7 nitrogen and oxygen atoms in total. The van der Waals surface area contributed by atoms with E-state index in [1.54, 1.807) is 0 Å². The Bertz CT molecular complexity index is 1120. The number of pyridine rings is 1. The van der Waals surface area contributed by atoms with Crippen LogP contribution in [0.5, 0.6) is 0 Å². The van der Waals surface area contributed by atoms with Gasteiger partial charge in [-0.25, -0.2) is 0 Å². The van der Waals surface area contributed by atoms with Gasteiger partial charge in [0.05, 0.1) is 16.3 Å². The first-order valence-corrected chi connectivity index (χ1v) is 10.6. The summed E-state index contributed by atoms with van der Waals surface area (Å²) in [5.41, 5.74) is 10.4. The predicted octanol–water partition coefficient (Wildman–Crippen LogP) is 2.81. The average molecular weight is 424 g/mol. The van der Waals surface area contributed by atoms with Crippen molar-refractivity contribution >= 4 is 39.4 Å². The second kappa shape index (κ2) is 9.75. The fourth-order valence-corrected chi connectivity index (χ4v) is 4.06. The van der Waals surface area contributed by atoms with Gasteiger partial charge in [-0.1, -0.05) is 6.07 Å². The van der Waals surface area contributed by atoms with Gasteiger partial charge in [0.1, 0.15) is 6.54 Å². The number of carbonyl (C=O) groups is 2. The Balaban J connectivity index is 2.21. The van der Waals surface area contributed by atoms with Crippen LogP contribution in [-0.2, 0) is 17.9 Å². The molecule has 0 aliphatic carbocycles. The highest BCUT2D eigenvalue weighted by atomic mass is 16.4. The number of nitrogens with zero attached hydrogens (tertiary/aromatic N) is 2. The third-order valence-electron chi connectivity index (χ3n) is 5.58. The molecule has 0 aliphatic heterocycles. The van der Waals surface area contributed by atoms with Gasteiger partial charge in [-0.3, -0.25) is 9.59 Å². The van der Waals surface area contributed by atoms with Crippen LogP contribution in [0, 0.1) is 0 Å². The lowest BCUT2D eigenvalue weighted by Crippen LogP contribution is -2.37. The number of rotatable bonds is 10. The largest absolute Gasteiger partial charge is 0.481 e. The minimum atomic E-state index is -0.762. The smallest absolute Gasteiger partial charge is 0.303 e. The number of amides is 1. The molecule has 0 radical (unpaired) electrons. The van der Waals surface area contributed by atoms with Gasteiger partial charge in [0.15, 0.2) is 0 Å². The van der Waals surface area contributed by atoms with Gasteiger partial charge < -0.3 is 21.1 Å². The van der Waals surface area contributed by atoms with Crippen molar-refractivity contribution in [2.45, 2.75) is 38.8 Å². The Morgan fingerprint density at radius 1 is 1.03 bits per heavy atom. The van der Waals surface area contributed by atoms with Crippen LogP contribution >= 0.6 is 0 Å². The van der Waals surface area contributed by atoms with E-state index in [4.69, 9.17) is 10.8 Å². The highest BCUT2D eigenvalue weighted by Crippen LogP contribution is 2.28. The van der Waals surface area contributed by atoms with Crippen molar-refractivity contribution in [3.05, 3.63) is 47.5 Å². The molecule has 0 bridgehead atoms. The standard InChI is InChI=1S/C24H30N4O3/c1-26-15-16-8-10-18-20(13-16)28(12-6-4-5-7-22(29)30)21-14-17(27(2)3)9-11-19(21)23(18)24(25)31/h8-11,13-14,26H,4-7,12,15H2,1-3H3,(H2-,25,29,30,31)/p+1. The van der Waals surface area contributed by atoms with Crippen LogP contribution in [0.4, 0.5) is 5.69 Å². The van der Waals surface area contributed by atoms with Crippen LogP contribution < -0.4 is 20.5 Å². The first kappa shape index (κ1) is 22.5. The number of aryl methyl sites for hydroxylation is 1. The summed E-state index contributed by atoms with van der Waals surface area (Å²) >= 11 is 0. The summed E-state index contributed by atoms with van der Waals surface area (Å²) in [6.45, 7) is 1.45. The van der Waals surface area contributed by atoms with Crippen molar-refractivity contribution in [1.82, 2.24) is 5.32 Å². The maximum absolute atomic E-state index is 12.5. The molecular weight excluding hydrogens is 392 g/mol. The third-order valence-corrected chi connectivity index (χ3v) is 5.58. The Hall–Kier alpha value is -3.19. The number of unbranched alkanes of at least 4 members (excludes halogenated alkanes) is 2. The van der Waals surface area contributed by atoms with Crippen LogP contribution in [0.15, 0.2) is 36.4 Å². The van der Waals surface area contributed by atoms with Gasteiger partial charge in [0, 0.05) is 51.3 Å². The summed E-state index contributed by atoms with van der Waals surface area (Å²) in [5, 5.41) is 13.7. The van der Waals surface area contributed by atoms with Crippen LogP contribution in [-0.4, -0.2) is 38.1 Å². The van der Waals surface area contributed by atoms with Gasteiger partial charge in [0.25, 0.3) is 0 Å². The van der Waals surface area contributed by atoms with E-state index in [1.165, 1.54) is 0 Å². The topological polar surface area (TPSA) is 99.5 Å². The maximum Gasteiger partial charge on any atom is 0.303 e. The summed E-state index contributed by atoms with van der Waals surface area (Å²) < 4.78 is 2.24. The van der Waals surface area contributed by atoms with E-state index in [2.05, 4.69) is 22.0 Å². The van der Waals surface area contributed by atoms with Crippen LogP contribution in [0.25, 0.3) is 21.8 Å². The Morgan fingerprint density at radius 2 is 1.71 bits per heavy atom. The summed E-state index contributed by atoms with van der Waals surface area (Å²) in [5.74, 6) is -1.20. The van der Waals surface area contributed by atoms with Crippen molar-refractivity contribution in [3.8, 4) is 0 Å². The van der Waals surface area contributed by atoms with E-state index in [1.807, 2.05) is 50.3 Å². The number of fused-ring (bicyclic) bond motifs is 2. The number of anilines is 1. The molecule has 1 heterocycles. The fraction of sp³-hybridized carbons (Fsp3) is 0.375.